The summed E-state index contributed by atoms with van der Waals surface area (Å²) in [5, 5.41) is 14.3. The Morgan fingerprint density at radius 1 is 0.544 bits per heavy atom. The van der Waals surface area contributed by atoms with Gasteiger partial charge in [-0.25, -0.2) is 0 Å². The van der Waals surface area contributed by atoms with Crippen molar-refractivity contribution in [3.05, 3.63) is 144 Å². The summed E-state index contributed by atoms with van der Waals surface area (Å²) in [7, 11) is 12.0. The fourth-order valence-corrected chi connectivity index (χ4v) is 15.2. The van der Waals surface area contributed by atoms with Crippen molar-refractivity contribution in [2.45, 2.75) is 46.2 Å². The molecule has 0 atom stereocenters. The van der Waals surface area contributed by atoms with Crippen LogP contribution in [0.25, 0.3) is 87.4 Å². The van der Waals surface area contributed by atoms with Gasteiger partial charge in [0.2, 0.25) is 0 Å². The molecule has 1 aliphatic rings. The molecule has 0 radical (unpaired) electrons. The maximum atomic E-state index is 4.93. The Bertz CT molecular complexity index is 3240. The van der Waals surface area contributed by atoms with Crippen LogP contribution in [-0.2, 0) is 47.8 Å². The topological polar surface area (TPSA) is 9.86 Å². The van der Waals surface area contributed by atoms with E-state index in [1.54, 1.807) is 21.5 Å². The Balaban J connectivity index is 0.00000128. The molecule has 0 unspecified atom stereocenters. The summed E-state index contributed by atoms with van der Waals surface area (Å²) in [6.45, 7) is 9.98. The zero-order chi connectivity index (χ0) is 39.3. The third-order valence-electron chi connectivity index (χ3n) is 13.3. The van der Waals surface area contributed by atoms with Crippen molar-refractivity contribution >= 4 is 101 Å². The van der Waals surface area contributed by atoms with Crippen LogP contribution in [0.2, 0.25) is 13.1 Å². The van der Waals surface area contributed by atoms with Crippen LogP contribution in [-0.4, -0.2) is 17.2 Å². The van der Waals surface area contributed by atoms with Gasteiger partial charge >= 0.3 is 37.9 Å². The molecule has 0 bridgehead atoms. The van der Waals surface area contributed by atoms with E-state index in [-0.39, 0.29) is 0 Å². The number of aryl methyl sites for hydroxylation is 5. The molecular formula is C51H44Cl2N2SiZr. The number of halogens is 2. The molecule has 0 aliphatic heterocycles. The fourth-order valence-electron chi connectivity index (χ4n) is 11.1. The summed E-state index contributed by atoms with van der Waals surface area (Å²) in [6.07, 6.45) is 3.57. The zero-order valence-electron chi connectivity index (χ0n) is 33.3. The number of fused-ring (bicyclic) bond motifs is 9. The second-order valence-electron chi connectivity index (χ2n) is 16.7. The Kier molecular flexibility index (Phi) is 9.11. The molecule has 1 aliphatic carbocycles. The molecule has 57 heavy (non-hydrogen) atoms. The number of hydrogen-bond donors (Lipinski definition) is 0. The summed E-state index contributed by atoms with van der Waals surface area (Å²) in [4.78, 5) is 0. The van der Waals surface area contributed by atoms with Crippen LogP contribution in [0.15, 0.2) is 121 Å². The van der Waals surface area contributed by atoms with Gasteiger partial charge in [0.1, 0.15) is 0 Å². The first-order chi connectivity index (χ1) is 27.6. The fraction of sp³-hybridized carbons (Fsp3) is 0.176. The van der Waals surface area contributed by atoms with E-state index >= 15 is 0 Å². The van der Waals surface area contributed by atoms with Gasteiger partial charge in [0, 0.05) is 65.8 Å². The van der Waals surface area contributed by atoms with Crippen molar-refractivity contribution in [1.82, 2.24) is 9.13 Å². The van der Waals surface area contributed by atoms with E-state index in [1.807, 2.05) is 0 Å². The molecule has 0 saturated heterocycles. The monoisotopic (exact) mass is 872 g/mol. The first-order valence-electron chi connectivity index (χ1n) is 20.0. The second kappa shape index (κ2) is 14.0. The summed E-state index contributed by atoms with van der Waals surface area (Å²) in [5.41, 5.74) is 16.6. The van der Waals surface area contributed by atoms with Gasteiger partial charge in [-0.2, -0.15) is 12.1 Å². The third-order valence-corrected chi connectivity index (χ3v) is 17.1. The van der Waals surface area contributed by atoms with Crippen LogP contribution in [0, 0.1) is 13.8 Å². The van der Waals surface area contributed by atoms with Gasteiger partial charge in [-0.15, -0.1) is 61.2 Å². The van der Waals surface area contributed by atoms with Gasteiger partial charge in [0.15, 0.2) is 0 Å². The standard InChI is InChI=1S/C51H44N2Si.2ClH.Zr/c1-30-25-40-35(33-21-23-47-41(27-33)37-14-7-9-19-45(37)52(47)3)16-12-18-39(40)50(30)54(5,6)51-31(2)26-43-44(51)28-32-13-11-17-36(32)49(43)34-22-24-48-42(29-34)38-15-8-10-20-46(38)53(48)4;;;/h7-10,12,14-16,18-29H,11,13,17H2,1-6H3;2*1H;/q-2;;;+4/p-2. The van der Waals surface area contributed by atoms with E-state index in [0.717, 1.165) is 6.42 Å². The van der Waals surface area contributed by atoms with E-state index < -0.39 is 28.9 Å². The molecule has 0 N–H and O–H groups in total. The number of aromatic nitrogens is 2. The van der Waals surface area contributed by atoms with Gasteiger partial charge in [0.25, 0.3) is 0 Å². The molecule has 2 heterocycles. The molecule has 0 saturated carbocycles. The number of para-hydroxylation sites is 2. The molecule has 2 aromatic heterocycles. The van der Waals surface area contributed by atoms with Crippen LogP contribution in [0.5, 0.6) is 0 Å². The molecule has 10 aromatic rings. The molecular weight excluding hydrogens is 831 g/mol. The SMILES string of the molecule is Cc1cc2c(-c3ccc4c(c3)c3ccccc3n4C)cccc2[c-]1[Si](C)(C)[c-]1c(C)cc2c(-c3ccc4c(c3)c3ccccc3n4C)c3c(cc21)CCC3.[Cl][Zr+2][Cl]. The molecule has 0 fully saturated rings. The number of nitrogens with zero attached hydrogens (tertiary/aromatic N) is 2. The number of hydrogen-bond acceptors (Lipinski definition) is 0. The molecule has 8 aromatic carbocycles. The number of benzene rings is 6. The molecule has 0 amide bonds. The van der Waals surface area contributed by atoms with E-state index in [4.69, 9.17) is 17.0 Å². The molecule has 0 spiro atoms. The Morgan fingerprint density at radius 3 is 1.74 bits per heavy atom. The minimum atomic E-state index is -2.21. The summed E-state index contributed by atoms with van der Waals surface area (Å²) in [5.74, 6) is 0. The van der Waals surface area contributed by atoms with Crippen LogP contribution >= 0.6 is 17.0 Å². The van der Waals surface area contributed by atoms with Gasteiger partial charge in [-0.3, -0.25) is 0 Å². The predicted molar refractivity (Wildman–Crippen MR) is 248 cm³/mol. The first kappa shape index (κ1) is 37.1. The number of rotatable bonds is 4. The van der Waals surface area contributed by atoms with Crippen molar-refractivity contribution in [1.29, 1.82) is 0 Å². The van der Waals surface area contributed by atoms with Crippen LogP contribution < -0.4 is 10.4 Å². The van der Waals surface area contributed by atoms with Crippen LogP contribution in [0.3, 0.4) is 0 Å². The Hall–Kier alpha value is -4.18. The average molecular weight is 875 g/mol. The van der Waals surface area contributed by atoms with E-state index in [9.17, 15) is 0 Å². The zero-order valence-corrected chi connectivity index (χ0v) is 38.3. The van der Waals surface area contributed by atoms with Gasteiger partial charge in [0.05, 0.1) is 0 Å². The van der Waals surface area contributed by atoms with Crippen molar-refractivity contribution in [3.8, 4) is 22.3 Å². The third kappa shape index (κ3) is 5.58. The first-order valence-corrected chi connectivity index (χ1v) is 29.3. The van der Waals surface area contributed by atoms with Crippen molar-refractivity contribution < 1.29 is 20.8 Å². The van der Waals surface area contributed by atoms with Gasteiger partial charge < -0.3 is 9.13 Å². The molecule has 2 nitrogen and oxygen atoms in total. The predicted octanol–water partition coefficient (Wildman–Crippen LogP) is 13.4. The van der Waals surface area contributed by atoms with Crippen LogP contribution in [0.1, 0.15) is 28.7 Å². The van der Waals surface area contributed by atoms with Crippen LogP contribution in [0.4, 0.5) is 0 Å². The normalized spacial score (nSPS) is 13.0. The van der Waals surface area contributed by atoms with Crippen molar-refractivity contribution in [3.63, 3.8) is 0 Å². The van der Waals surface area contributed by atoms with Gasteiger partial charge in [-0.1, -0.05) is 104 Å². The van der Waals surface area contributed by atoms with Crippen molar-refractivity contribution in [2.75, 3.05) is 0 Å². The Labute approximate surface area is 354 Å². The average Bonchev–Trinajstić information content (AvgIpc) is 4.02. The second-order valence-corrected chi connectivity index (χ2v) is 24.7. The summed E-state index contributed by atoms with van der Waals surface area (Å²) in [6, 6.07) is 46.6. The molecule has 11 rings (SSSR count). The molecule has 280 valence electrons. The van der Waals surface area contributed by atoms with E-state index in [2.05, 4.69) is 171 Å². The van der Waals surface area contributed by atoms with E-state index in [0.29, 0.717) is 0 Å². The quantitative estimate of drug-likeness (QED) is 0.123. The maximum absolute atomic E-state index is 4.93. The Morgan fingerprint density at radius 2 is 1.09 bits per heavy atom. The molecule has 6 heteroatoms. The summed E-state index contributed by atoms with van der Waals surface area (Å²) >= 11 is -0.826. The minimum absolute atomic E-state index is 0.826. The van der Waals surface area contributed by atoms with Crippen molar-refractivity contribution in [2.24, 2.45) is 14.1 Å². The van der Waals surface area contributed by atoms with E-state index in [1.165, 1.54) is 111 Å². The van der Waals surface area contributed by atoms with Gasteiger partial charge in [-0.05, 0) is 66.8 Å². The summed E-state index contributed by atoms with van der Waals surface area (Å²) < 4.78 is 4.67.